The van der Waals surface area contributed by atoms with Crippen LogP contribution >= 0.6 is 11.6 Å². The maximum Gasteiger partial charge on any atom is 0.326 e. The summed E-state index contributed by atoms with van der Waals surface area (Å²) in [6.07, 6.45) is 1.38. The van der Waals surface area contributed by atoms with Crippen molar-refractivity contribution in [1.82, 2.24) is 9.88 Å². The van der Waals surface area contributed by atoms with E-state index < -0.39 is 12.0 Å². The van der Waals surface area contributed by atoms with Gasteiger partial charge in [-0.1, -0.05) is 11.6 Å². The summed E-state index contributed by atoms with van der Waals surface area (Å²) >= 11 is 6.05. The number of carbonyl (C=O) groups excluding carboxylic acids is 1. The van der Waals surface area contributed by atoms with Gasteiger partial charge >= 0.3 is 5.97 Å². The zero-order chi connectivity index (χ0) is 14.7. The number of carboxylic acids is 1. The van der Waals surface area contributed by atoms with Gasteiger partial charge in [0, 0.05) is 27.3 Å². The Labute approximate surface area is 116 Å². The monoisotopic (exact) mass is 285 g/mol. The molecule has 0 aliphatic rings. The second-order valence-corrected chi connectivity index (χ2v) is 4.76. The molecule has 1 amide bonds. The zero-order valence-corrected chi connectivity index (χ0v) is 12.0. The van der Waals surface area contributed by atoms with E-state index in [9.17, 15) is 9.59 Å². The van der Waals surface area contributed by atoms with E-state index in [1.807, 2.05) is 0 Å². The molecule has 7 heteroatoms. The van der Waals surface area contributed by atoms with Crippen molar-refractivity contribution in [1.29, 1.82) is 0 Å². The van der Waals surface area contributed by atoms with Crippen LogP contribution in [0.4, 0.5) is 5.82 Å². The molecule has 0 aliphatic heterocycles. The number of halogens is 1. The molecular weight excluding hydrogens is 270 g/mol. The third kappa shape index (κ3) is 3.35. The predicted molar refractivity (Wildman–Crippen MR) is 72.8 cm³/mol. The lowest BCUT2D eigenvalue weighted by molar-refractivity contribution is -0.138. The molecule has 19 heavy (non-hydrogen) atoms. The Morgan fingerprint density at radius 1 is 1.37 bits per heavy atom. The van der Waals surface area contributed by atoms with Gasteiger partial charge in [0.2, 0.25) is 0 Å². The summed E-state index contributed by atoms with van der Waals surface area (Å²) in [6.45, 7) is 1.53. The second-order valence-electron chi connectivity index (χ2n) is 4.35. The van der Waals surface area contributed by atoms with Crippen molar-refractivity contribution < 1.29 is 14.7 Å². The molecule has 6 nitrogen and oxygen atoms in total. The van der Waals surface area contributed by atoms with E-state index in [1.165, 1.54) is 29.0 Å². The molecule has 1 N–H and O–H groups in total. The van der Waals surface area contributed by atoms with Gasteiger partial charge in [-0.25, -0.2) is 9.78 Å². The summed E-state index contributed by atoms with van der Waals surface area (Å²) in [4.78, 5) is 29.6. The predicted octanol–water partition coefficient (Wildman–Crippen LogP) is 1.35. The van der Waals surface area contributed by atoms with Crippen LogP contribution < -0.4 is 4.90 Å². The fraction of sp³-hybridized carbons (Fsp3) is 0.417. The fourth-order valence-electron chi connectivity index (χ4n) is 1.41. The Morgan fingerprint density at radius 2 is 1.95 bits per heavy atom. The summed E-state index contributed by atoms with van der Waals surface area (Å²) in [5.74, 6) is -0.865. The summed E-state index contributed by atoms with van der Waals surface area (Å²) < 4.78 is 0. The first-order valence-electron chi connectivity index (χ1n) is 5.58. The Hall–Kier alpha value is -1.82. The van der Waals surface area contributed by atoms with Gasteiger partial charge in [0.15, 0.2) is 0 Å². The third-order valence-electron chi connectivity index (χ3n) is 2.75. The molecule has 0 saturated carbocycles. The topological polar surface area (TPSA) is 73.7 Å². The first-order chi connectivity index (χ1) is 8.75. The Morgan fingerprint density at radius 3 is 2.37 bits per heavy atom. The van der Waals surface area contributed by atoms with E-state index in [0.29, 0.717) is 11.4 Å². The molecule has 0 saturated heterocycles. The van der Waals surface area contributed by atoms with Gasteiger partial charge in [-0.15, -0.1) is 0 Å². The van der Waals surface area contributed by atoms with Crippen LogP contribution in [0, 0.1) is 0 Å². The normalized spacial score (nSPS) is 11.8. The molecule has 1 unspecified atom stereocenters. The van der Waals surface area contributed by atoms with Gasteiger partial charge in [0.05, 0.1) is 10.6 Å². The lowest BCUT2D eigenvalue weighted by atomic mass is 10.2. The molecule has 1 heterocycles. The van der Waals surface area contributed by atoms with Gasteiger partial charge in [-0.3, -0.25) is 4.79 Å². The van der Waals surface area contributed by atoms with Crippen LogP contribution in [-0.2, 0) is 4.79 Å². The number of nitrogens with zero attached hydrogens (tertiary/aromatic N) is 3. The summed E-state index contributed by atoms with van der Waals surface area (Å²) in [5, 5.41) is 9.19. The van der Waals surface area contributed by atoms with Crippen LogP contribution in [0.25, 0.3) is 0 Å². The molecule has 1 rings (SSSR count). The third-order valence-corrected chi connectivity index (χ3v) is 3.03. The van der Waals surface area contributed by atoms with Gasteiger partial charge in [0.1, 0.15) is 11.9 Å². The largest absolute Gasteiger partial charge is 0.480 e. The number of anilines is 1. The molecule has 0 aliphatic carbocycles. The van der Waals surface area contributed by atoms with E-state index >= 15 is 0 Å². The van der Waals surface area contributed by atoms with Crippen molar-refractivity contribution in [2.75, 3.05) is 26.0 Å². The molecule has 1 aromatic heterocycles. The van der Waals surface area contributed by atoms with Crippen LogP contribution in [-0.4, -0.2) is 54.1 Å². The molecule has 1 atom stereocenters. The summed E-state index contributed by atoms with van der Waals surface area (Å²) in [6, 6.07) is 0.720. The molecule has 104 valence electrons. The van der Waals surface area contributed by atoms with E-state index in [-0.39, 0.29) is 10.9 Å². The van der Waals surface area contributed by atoms with Crippen molar-refractivity contribution in [2.45, 2.75) is 13.0 Å². The maximum atomic E-state index is 11.7. The van der Waals surface area contributed by atoms with Gasteiger partial charge in [-0.05, 0) is 13.0 Å². The quantitative estimate of drug-likeness (QED) is 0.904. The molecular formula is C12H16ClN3O3. The molecule has 0 radical (unpaired) electrons. The van der Waals surface area contributed by atoms with Crippen molar-refractivity contribution in [3.8, 4) is 0 Å². The van der Waals surface area contributed by atoms with Crippen LogP contribution in [0.1, 0.15) is 17.3 Å². The molecule has 0 fully saturated rings. The standard InChI is InChI=1S/C12H16ClN3O3/c1-7(12(18)19)16(4)10-9(13)5-8(6-14-10)11(17)15(2)3/h5-7H,1-4H3,(H,18,19). The van der Waals surface area contributed by atoms with Crippen molar-refractivity contribution in [3.63, 3.8) is 0 Å². The van der Waals surface area contributed by atoms with Crippen LogP contribution in [0.2, 0.25) is 5.02 Å². The number of rotatable bonds is 4. The van der Waals surface area contributed by atoms with E-state index in [1.54, 1.807) is 21.1 Å². The average molecular weight is 286 g/mol. The number of pyridine rings is 1. The summed E-state index contributed by atoms with van der Waals surface area (Å²) in [5.41, 5.74) is 0.357. The van der Waals surface area contributed by atoms with Gasteiger partial charge in [-0.2, -0.15) is 0 Å². The fourth-order valence-corrected chi connectivity index (χ4v) is 1.71. The average Bonchev–Trinajstić information content (AvgIpc) is 2.35. The smallest absolute Gasteiger partial charge is 0.326 e. The molecule has 0 bridgehead atoms. The van der Waals surface area contributed by atoms with Crippen LogP contribution in [0.15, 0.2) is 12.3 Å². The van der Waals surface area contributed by atoms with Crippen LogP contribution in [0.5, 0.6) is 0 Å². The van der Waals surface area contributed by atoms with Crippen LogP contribution in [0.3, 0.4) is 0 Å². The molecule has 1 aromatic rings. The highest BCUT2D eigenvalue weighted by Crippen LogP contribution is 2.25. The zero-order valence-electron chi connectivity index (χ0n) is 11.2. The Balaban J connectivity index is 3.07. The SMILES string of the molecule is CC(C(=O)O)N(C)c1ncc(C(=O)N(C)C)cc1Cl. The number of aromatic nitrogens is 1. The molecule has 0 aromatic carbocycles. The highest BCUT2D eigenvalue weighted by Gasteiger charge is 2.21. The highest BCUT2D eigenvalue weighted by atomic mass is 35.5. The van der Waals surface area contributed by atoms with E-state index in [0.717, 1.165) is 0 Å². The first-order valence-corrected chi connectivity index (χ1v) is 5.96. The van der Waals surface area contributed by atoms with Gasteiger partial charge in [0.25, 0.3) is 5.91 Å². The number of carboxylic acid groups (broad SMARTS) is 1. The first kappa shape index (κ1) is 15.2. The lowest BCUT2D eigenvalue weighted by Gasteiger charge is -2.23. The lowest BCUT2D eigenvalue weighted by Crippen LogP contribution is -2.36. The number of hydrogen-bond donors (Lipinski definition) is 1. The van der Waals surface area contributed by atoms with Crippen molar-refractivity contribution in [3.05, 3.63) is 22.8 Å². The number of aliphatic carboxylic acids is 1. The van der Waals surface area contributed by atoms with Crippen molar-refractivity contribution in [2.24, 2.45) is 0 Å². The van der Waals surface area contributed by atoms with Gasteiger partial charge < -0.3 is 14.9 Å². The van der Waals surface area contributed by atoms with Crippen molar-refractivity contribution >= 4 is 29.3 Å². The van der Waals surface area contributed by atoms with E-state index in [2.05, 4.69) is 4.98 Å². The minimum atomic E-state index is -0.978. The second kappa shape index (κ2) is 5.88. The minimum Gasteiger partial charge on any atom is -0.480 e. The number of amides is 1. The van der Waals surface area contributed by atoms with E-state index in [4.69, 9.17) is 16.7 Å². The minimum absolute atomic E-state index is 0.213. The summed E-state index contributed by atoms with van der Waals surface area (Å²) in [7, 11) is 4.84. The Bertz CT molecular complexity index is 505. The molecule has 0 spiro atoms. The highest BCUT2D eigenvalue weighted by molar-refractivity contribution is 6.33. The number of hydrogen-bond acceptors (Lipinski definition) is 4. The maximum absolute atomic E-state index is 11.7. The number of likely N-dealkylation sites (N-methyl/N-ethyl adjacent to an activating group) is 1. The number of carbonyl (C=O) groups is 2. The Kier molecular flexibility index (Phi) is 4.72.